The van der Waals surface area contributed by atoms with Gasteiger partial charge in [-0.3, -0.25) is 14.3 Å². The van der Waals surface area contributed by atoms with E-state index in [4.69, 9.17) is 5.73 Å². The molecule has 1 fully saturated rings. The Morgan fingerprint density at radius 3 is 2.97 bits per heavy atom. The SMILES string of the molecule is C[C@@H](NC(=O)c1c[nH]c2ncc(-c3nn(C)c4ccsc34)nc12)C(=O)N1CC(N)C1. The summed E-state index contributed by atoms with van der Waals surface area (Å²) in [4.78, 5) is 38.9. The number of carbonyl (C=O) groups excluding carboxylic acids is 2. The van der Waals surface area contributed by atoms with Crippen molar-refractivity contribution in [2.75, 3.05) is 13.1 Å². The van der Waals surface area contributed by atoms with Crippen molar-refractivity contribution in [2.24, 2.45) is 12.8 Å². The van der Waals surface area contributed by atoms with E-state index in [2.05, 4.69) is 25.4 Å². The predicted octanol–water partition coefficient (Wildman–Crippen LogP) is 0.861. The van der Waals surface area contributed by atoms with Gasteiger partial charge in [-0.25, -0.2) is 9.97 Å². The Kier molecular flexibility index (Phi) is 4.29. The first kappa shape index (κ1) is 18.7. The number of hydrogen-bond acceptors (Lipinski definition) is 7. The number of fused-ring (bicyclic) bond motifs is 2. The number of hydrogen-bond donors (Lipinski definition) is 3. The largest absolute Gasteiger partial charge is 0.344 e. The van der Waals surface area contributed by atoms with Gasteiger partial charge in [0.05, 0.1) is 22.0 Å². The lowest BCUT2D eigenvalue weighted by Gasteiger charge is -2.38. The number of carbonyl (C=O) groups is 2. The summed E-state index contributed by atoms with van der Waals surface area (Å²) in [5, 5.41) is 9.30. The molecule has 30 heavy (non-hydrogen) atoms. The van der Waals surface area contributed by atoms with E-state index in [1.165, 1.54) is 0 Å². The van der Waals surface area contributed by atoms with E-state index < -0.39 is 6.04 Å². The van der Waals surface area contributed by atoms with E-state index in [-0.39, 0.29) is 17.9 Å². The van der Waals surface area contributed by atoms with E-state index in [0.29, 0.717) is 35.5 Å². The van der Waals surface area contributed by atoms with E-state index in [1.54, 1.807) is 40.2 Å². The minimum absolute atomic E-state index is 0.0144. The number of aromatic nitrogens is 5. The summed E-state index contributed by atoms with van der Waals surface area (Å²) in [6, 6.07) is 1.36. The molecular weight excluding hydrogens is 404 g/mol. The van der Waals surface area contributed by atoms with Crippen molar-refractivity contribution in [3.8, 4) is 11.4 Å². The summed E-state index contributed by atoms with van der Waals surface area (Å²) in [6.45, 7) is 2.70. The molecule has 5 rings (SSSR count). The summed E-state index contributed by atoms with van der Waals surface area (Å²) in [6.07, 6.45) is 3.20. The first-order chi connectivity index (χ1) is 14.4. The first-order valence-electron chi connectivity index (χ1n) is 9.52. The number of rotatable bonds is 4. The third kappa shape index (κ3) is 2.94. The van der Waals surface area contributed by atoms with Crippen LogP contribution in [-0.4, -0.2) is 66.6 Å². The maximum Gasteiger partial charge on any atom is 0.255 e. The Balaban J connectivity index is 1.44. The second-order valence-corrected chi connectivity index (χ2v) is 8.38. The highest BCUT2D eigenvalue weighted by molar-refractivity contribution is 7.17. The zero-order valence-corrected chi connectivity index (χ0v) is 17.2. The molecule has 1 aliphatic rings. The second-order valence-electron chi connectivity index (χ2n) is 7.46. The molecule has 2 amide bonds. The van der Waals surface area contributed by atoms with Gasteiger partial charge in [-0.15, -0.1) is 11.3 Å². The number of thiophene rings is 1. The molecule has 1 saturated heterocycles. The fourth-order valence-corrected chi connectivity index (χ4v) is 4.54. The molecule has 154 valence electrons. The van der Waals surface area contributed by atoms with Crippen LogP contribution in [-0.2, 0) is 11.8 Å². The summed E-state index contributed by atoms with van der Waals surface area (Å²) >= 11 is 1.58. The van der Waals surface area contributed by atoms with Crippen LogP contribution in [0.15, 0.2) is 23.8 Å². The molecule has 0 unspecified atom stereocenters. The first-order valence-corrected chi connectivity index (χ1v) is 10.4. The second kappa shape index (κ2) is 6.89. The van der Waals surface area contributed by atoms with Gasteiger partial charge < -0.3 is 20.9 Å². The molecule has 1 atom stereocenters. The normalized spacial score (nSPS) is 15.5. The van der Waals surface area contributed by atoms with Crippen LogP contribution in [0.2, 0.25) is 0 Å². The molecule has 0 aliphatic carbocycles. The van der Waals surface area contributed by atoms with Crippen molar-refractivity contribution in [1.29, 1.82) is 0 Å². The molecule has 5 heterocycles. The molecule has 4 N–H and O–H groups in total. The van der Waals surface area contributed by atoms with Crippen LogP contribution >= 0.6 is 11.3 Å². The molecule has 0 saturated carbocycles. The number of nitrogens with one attached hydrogen (secondary N) is 2. The van der Waals surface area contributed by atoms with Crippen LogP contribution in [0.3, 0.4) is 0 Å². The van der Waals surface area contributed by atoms with Crippen molar-refractivity contribution in [1.82, 2.24) is 34.9 Å². The van der Waals surface area contributed by atoms with E-state index in [0.717, 1.165) is 15.9 Å². The lowest BCUT2D eigenvalue weighted by molar-refractivity contribution is -0.137. The van der Waals surface area contributed by atoms with Crippen LogP contribution in [0.1, 0.15) is 17.3 Å². The average molecular weight is 424 g/mol. The minimum Gasteiger partial charge on any atom is -0.344 e. The van der Waals surface area contributed by atoms with Crippen LogP contribution in [0.25, 0.3) is 32.8 Å². The highest BCUT2D eigenvalue weighted by atomic mass is 32.1. The fraction of sp³-hybridized carbons (Fsp3) is 0.316. The molecule has 4 aromatic heterocycles. The van der Waals surface area contributed by atoms with E-state index in [1.807, 2.05) is 18.5 Å². The number of aryl methyl sites for hydroxylation is 1. The number of H-pyrrole nitrogens is 1. The molecule has 0 spiro atoms. The van der Waals surface area contributed by atoms with Crippen LogP contribution in [0, 0.1) is 0 Å². The third-order valence-electron chi connectivity index (χ3n) is 5.27. The van der Waals surface area contributed by atoms with Gasteiger partial charge in [0.1, 0.15) is 22.9 Å². The topological polar surface area (TPSA) is 135 Å². The van der Waals surface area contributed by atoms with Gasteiger partial charge in [-0.1, -0.05) is 0 Å². The maximum atomic E-state index is 12.8. The van der Waals surface area contributed by atoms with Crippen molar-refractivity contribution in [2.45, 2.75) is 19.0 Å². The molecule has 0 bridgehead atoms. The van der Waals surface area contributed by atoms with Crippen LogP contribution in [0.5, 0.6) is 0 Å². The zero-order chi connectivity index (χ0) is 21.0. The number of amides is 2. The highest BCUT2D eigenvalue weighted by Crippen LogP contribution is 2.31. The number of likely N-dealkylation sites (tertiary alicyclic amines) is 1. The maximum absolute atomic E-state index is 12.8. The molecule has 0 aromatic carbocycles. The standard InChI is InChI=1S/C19H20N8O2S/c1-9(19(29)27-7-10(20)8-27)23-18(28)11-5-21-17-14(11)24-12(6-22-17)15-16-13(3-4-30-16)26(2)25-15/h3-6,9-10H,7-8,20H2,1-2H3,(H,21,22)(H,23,28)/t9-/m1/s1. The van der Waals surface area contributed by atoms with Crippen molar-refractivity contribution < 1.29 is 9.59 Å². The Morgan fingerprint density at radius 1 is 1.40 bits per heavy atom. The summed E-state index contributed by atoms with van der Waals surface area (Å²) in [5.41, 5.74) is 9.32. The number of nitrogens with zero attached hydrogens (tertiary/aromatic N) is 5. The van der Waals surface area contributed by atoms with Gasteiger partial charge in [-0.05, 0) is 18.4 Å². The highest BCUT2D eigenvalue weighted by Gasteiger charge is 2.31. The number of aromatic amines is 1. The smallest absolute Gasteiger partial charge is 0.255 e. The Labute approximate surface area is 175 Å². The Morgan fingerprint density at radius 2 is 2.20 bits per heavy atom. The number of nitrogens with two attached hydrogens (primary N) is 1. The lowest BCUT2D eigenvalue weighted by atomic mass is 10.1. The molecule has 4 aromatic rings. The predicted molar refractivity (Wildman–Crippen MR) is 113 cm³/mol. The van der Waals surface area contributed by atoms with Gasteiger partial charge in [0, 0.05) is 32.4 Å². The van der Waals surface area contributed by atoms with Crippen LogP contribution in [0.4, 0.5) is 0 Å². The zero-order valence-electron chi connectivity index (χ0n) is 16.4. The fourth-order valence-electron chi connectivity index (χ4n) is 3.63. The average Bonchev–Trinajstić information content (AvgIpc) is 3.41. The van der Waals surface area contributed by atoms with Crippen molar-refractivity contribution in [3.63, 3.8) is 0 Å². The van der Waals surface area contributed by atoms with Crippen LogP contribution < -0.4 is 11.1 Å². The van der Waals surface area contributed by atoms with Crippen molar-refractivity contribution in [3.05, 3.63) is 29.4 Å². The summed E-state index contributed by atoms with van der Waals surface area (Å²) < 4.78 is 2.81. The molecule has 1 aliphatic heterocycles. The minimum atomic E-state index is -0.660. The Bertz CT molecular complexity index is 1280. The van der Waals surface area contributed by atoms with Gasteiger partial charge in [0.25, 0.3) is 5.91 Å². The van der Waals surface area contributed by atoms with Gasteiger partial charge >= 0.3 is 0 Å². The summed E-state index contributed by atoms with van der Waals surface area (Å²) in [7, 11) is 1.88. The third-order valence-corrected chi connectivity index (χ3v) is 6.18. The van der Waals surface area contributed by atoms with Gasteiger partial charge in [0.15, 0.2) is 5.65 Å². The van der Waals surface area contributed by atoms with E-state index >= 15 is 0 Å². The quantitative estimate of drug-likeness (QED) is 0.445. The monoisotopic (exact) mass is 424 g/mol. The lowest BCUT2D eigenvalue weighted by Crippen LogP contribution is -2.61. The summed E-state index contributed by atoms with van der Waals surface area (Å²) in [5.74, 6) is -0.536. The Hall–Kier alpha value is -3.31. The van der Waals surface area contributed by atoms with Crippen molar-refractivity contribution >= 4 is 44.5 Å². The molecule has 10 nitrogen and oxygen atoms in total. The van der Waals surface area contributed by atoms with Gasteiger partial charge in [0.2, 0.25) is 5.91 Å². The van der Waals surface area contributed by atoms with E-state index in [9.17, 15) is 9.59 Å². The molecule has 0 radical (unpaired) electrons. The van der Waals surface area contributed by atoms with Gasteiger partial charge in [-0.2, -0.15) is 5.10 Å². The molecule has 11 heteroatoms. The molecular formula is C19H20N8O2S.